The van der Waals surface area contributed by atoms with E-state index in [1.54, 1.807) is 12.0 Å². The Hall–Kier alpha value is -3.39. The van der Waals surface area contributed by atoms with Crippen molar-refractivity contribution in [3.63, 3.8) is 0 Å². The number of anilines is 1. The molecule has 0 spiro atoms. The number of aliphatic carboxylic acids is 1. The second-order valence-electron chi connectivity index (χ2n) is 8.02. The van der Waals surface area contributed by atoms with Gasteiger partial charge in [-0.3, -0.25) is 14.4 Å². The lowest BCUT2D eigenvalue weighted by atomic mass is 9.98. The van der Waals surface area contributed by atoms with E-state index in [0.29, 0.717) is 12.3 Å². The number of amides is 2. The van der Waals surface area contributed by atoms with Crippen LogP contribution < -0.4 is 15.0 Å². The summed E-state index contributed by atoms with van der Waals surface area (Å²) in [6.07, 6.45) is -2.04. The zero-order valence-corrected chi connectivity index (χ0v) is 18.4. The maximum absolute atomic E-state index is 13.5. The van der Waals surface area contributed by atoms with E-state index in [2.05, 4.69) is 5.32 Å². The van der Waals surface area contributed by atoms with Crippen molar-refractivity contribution in [3.8, 4) is 5.75 Å². The highest BCUT2D eigenvalue weighted by atomic mass is 16.5. The summed E-state index contributed by atoms with van der Waals surface area (Å²) < 4.78 is 11.8. The van der Waals surface area contributed by atoms with Crippen molar-refractivity contribution in [2.45, 2.75) is 32.5 Å². The molecule has 0 aliphatic carbocycles. The molecular weight excluding hydrogens is 412 g/mol. The summed E-state index contributed by atoms with van der Waals surface area (Å²) in [4.78, 5) is 38.4. The molecule has 8 nitrogen and oxygen atoms in total. The van der Waals surface area contributed by atoms with Crippen LogP contribution in [0.15, 0.2) is 48.5 Å². The van der Waals surface area contributed by atoms with Crippen LogP contribution in [0, 0.1) is 5.92 Å². The average molecular weight is 440 g/mol. The lowest BCUT2D eigenvalue weighted by molar-refractivity contribution is -0.140. The largest absolute Gasteiger partial charge is 0.496 e. The van der Waals surface area contributed by atoms with Gasteiger partial charge < -0.3 is 24.8 Å². The number of rotatable bonds is 8. The standard InChI is InChI=1S/C24H28N2O6/c1-15(2)14-26-18-10-6-4-8-16(18)23(17-9-5-7-11-19(17)31-3)32-20(24(26)30)12-21(27)25-13-22(28)29/h4-11,15,20,23H,12-14H2,1-3H3,(H,25,27)(H,28,29). The Morgan fingerprint density at radius 3 is 2.44 bits per heavy atom. The first-order chi connectivity index (χ1) is 15.3. The number of carbonyl (C=O) groups is 3. The third kappa shape index (κ3) is 5.26. The molecule has 2 N–H and O–H groups in total. The van der Waals surface area contributed by atoms with Crippen molar-refractivity contribution >= 4 is 23.5 Å². The van der Waals surface area contributed by atoms with Gasteiger partial charge in [0.1, 0.15) is 24.5 Å². The van der Waals surface area contributed by atoms with Gasteiger partial charge in [0.15, 0.2) is 0 Å². The highest BCUT2D eigenvalue weighted by Gasteiger charge is 2.38. The first-order valence-electron chi connectivity index (χ1n) is 10.5. The number of nitrogens with one attached hydrogen (secondary N) is 1. The van der Waals surface area contributed by atoms with Gasteiger partial charge in [0.2, 0.25) is 5.91 Å². The van der Waals surface area contributed by atoms with Gasteiger partial charge >= 0.3 is 5.97 Å². The van der Waals surface area contributed by atoms with E-state index in [-0.39, 0.29) is 18.2 Å². The van der Waals surface area contributed by atoms with Crippen LogP contribution in [-0.4, -0.2) is 49.2 Å². The quantitative estimate of drug-likeness (QED) is 0.654. The lowest BCUT2D eigenvalue weighted by Crippen LogP contribution is -2.44. The summed E-state index contributed by atoms with van der Waals surface area (Å²) in [6, 6.07) is 14.9. The second kappa shape index (κ2) is 10.3. The van der Waals surface area contributed by atoms with E-state index in [1.165, 1.54) is 0 Å². The Bertz CT molecular complexity index is 990. The summed E-state index contributed by atoms with van der Waals surface area (Å²) in [5, 5.41) is 11.1. The number of methoxy groups -OCH3 is 1. The molecule has 32 heavy (non-hydrogen) atoms. The Kier molecular flexibility index (Phi) is 7.48. The van der Waals surface area contributed by atoms with Gasteiger partial charge in [-0.1, -0.05) is 50.2 Å². The van der Waals surface area contributed by atoms with Crippen LogP contribution in [0.4, 0.5) is 5.69 Å². The molecule has 2 atom stereocenters. The first-order valence-corrected chi connectivity index (χ1v) is 10.5. The highest BCUT2D eigenvalue weighted by molar-refractivity contribution is 6.00. The molecule has 2 amide bonds. The number of nitrogens with zero attached hydrogens (tertiary/aromatic N) is 1. The van der Waals surface area contributed by atoms with Crippen molar-refractivity contribution in [1.29, 1.82) is 0 Å². The fourth-order valence-electron chi connectivity index (χ4n) is 3.77. The minimum Gasteiger partial charge on any atom is -0.496 e. The molecule has 0 saturated carbocycles. The van der Waals surface area contributed by atoms with Crippen LogP contribution >= 0.6 is 0 Å². The molecule has 8 heteroatoms. The molecule has 0 bridgehead atoms. The highest BCUT2D eigenvalue weighted by Crippen LogP contribution is 2.41. The fraction of sp³-hybridized carbons (Fsp3) is 0.375. The summed E-state index contributed by atoms with van der Waals surface area (Å²) in [5.41, 5.74) is 2.24. The molecule has 0 radical (unpaired) electrons. The number of ether oxygens (including phenoxy) is 2. The monoisotopic (exact) mass is 440 g/mol. The topological polar surface area (TPSA) is 105 Å². The summed E-state index contributed by atoms with van der Waals surface area (Å²) in [5.74, 6) is -1.29. The van der Waals surface area contributed by atoms with E-state index in [1.807, 2.05) is 62.4 Å². The van der Waals surface area contributed by atoms with Crippen LogP contribution in [-0.2, 0) is 19.1 Å². The van der Waals surface area contributed by atoms with Crippen LogP contribution in [0.5, 0.6) is 5.75 Å². The fourth-order valence-corrected chi connectivity index (χ4v) is 3.77. The van der Waals surface area contributed by atoms with Crippen molar-refractivity contribution in [2.75, 3.05) is 25.1 Å². The number of benzene rings is 2. The van der Waals surface area contributed by atoms with Crippen molar-refractivity contribution in [1.82, 2.24) is 5.32 Å². The van der Waals surface area contributed by atoms with E-state index in [0.717, 1.165) is 16.8 Å². The molecule has 2 unspecified atom stereocenters. The van der Waals surface area contributed by atoms with E-state index in [9.17, 15) is 14.4 Å². The van der Waals surface area contributed by atoms with Gasteiger partial charge in [-0.05, 0) is 18.1 Å². The van der Waals surface area contributed by atoms with E-state index in [4.69, 9.17) is 14.6 Å². The van der Waals surface area contributed by atoms with Gasteiger partial charge in [0, 0.05) is 23.4 Å². The van der Waals surface area contributed by atoms with Crippen LogP contribution in [0.2, 0.25) is 0 Å². The maximum atomic E-state index is 13.5. The van der Waals surface area contributed by atoms with Crippen LogP contribution in [0.3, 0.4) is 0 Å². The summed E-state index contributed by atoms with van der Waals surface area (Å²) in [7, 11) is 1.56. The molecule has 0 aromatic heterocycles. The van der Waals surface area contributed by atoms with Gasteiger partial charge in [-0.15, -0.1) is 0 Å². The zero-order valence-electron chi connectivity index (χ0n) is 18.4. The third-order valence-corrected chi connectivity index (χ3v) is 5.13. The molecule has 0 saturated heterocycles. The minimum absolute atomic E-state index is 0.177. The minimum atomic E-state index is -1.16. The number of carbonyl (C=O) groups excluding carboxylic acids is 2. The SMILES string of the molecule is COc1ccccc1C1OC(CC(=O)NCC(=O)O)C(=O)N(CC(C)C)c2ccccc21. The molecule has 0 fully saturated rings. The number of carboxylic acids is 1. The Labute approximate surface area is 187 Å². The smallest absolute Gasteiger partial charge is 0.322 e. The number of fused-ring (bicyclic) bond motifs is 1. The van der Waals surface area contributed by atoms with Gasteiger partial charge in [-0.2, -0.15) is 0 Å². The van der Waals surface area contributed by atoms with Gasteiger partial charge in [0.25, 0.3) is 5.91 Å². The predicted octanol–water partition coefficient (Wildman–Crippen LogP) is 2.76. The molecule has 3 rings (SSSR count). The van der Waals surface area contributed by atoms with Crippen molar-refractivity contribution in [3.05, 3.63) is 59.7 Å². The average Bonchev–Trinajstić information content (AvgIpc) is 2.88. The Morgan fingerprint density at radius 1 is 1.12 bits per heavy atom. The molecular formula is C24H28N2O6. The first kappa shape index (κ1) is 23.3. The van der Waals surface area contributed by atoms with Gasteiger partial charge in [0.05, 0.1) is 13.5 Å². The normalized spacial score (nSPS) is 18.1. The molecule has 170 valence electrons. The molecule has 2 aromatic rings. The number of hydrogen-bond acceptors (Lipinski definition) is 5. The number of hydrogen-bond donors (Lipinski definition) is 2. The molecule has 1 aliphatic heterocycles. The van der Waals surface area contributed by atoms with Crippen LogP contribution in [0.25, 0.3) is 0 Å². The van der Waals surface area contributed by atoms with Gasteiger partial charge in [-0.25, -0.2) is 0 Å². The third-order valence-electron chi connectivity index (χ3n) is 5.13. The Balaban J connectivity index is 2.06. The number of carboxylic acid groups (broad SMARTS) is 1. The molecule has 2 aromatic carbocycles. The summed E-state index contributed by atoms with van der Waals surface area (Å²) in [6.45, 7) is 3.94. The summed E-state index contributed by atoms with van der Waals surface area (Å²) >= 11 is 0. The van der Waals surface area contributed by atoms with Crippen molar-refractivity contribution < 1.29 is 29.0 Å². The Morgan fingerprint density at radius 2 is 1.78 bits per heavy atom. The zero-order chi connectivity index (χ0) is 23.3. The number of para-hydroxylation sites is 2. The molecule has 1 aliphatic rings. The predicted molar refractivity (Wildman–Crippen MR) is 119 cm³/mol. The second-order valence-corrected chi connectivity index (χ2v) is 8.02. The van der Waals surface area contributed by atoms with E-state index < -0.39 is 30.6 Å². The molecule has 1 heterocycles. The maximum Gasteiger partial charge on any atom is 0.322 e. The van der Waals surface area contributed by atoms with Crippen molar-refractivity contribution in [2.24, 2.45) is 5.92 Å². The van der Waals surface area contributed by atoms with Crippen LogP contribution in [0.1, 0.15) is 37.5 Å². The van der Waals surface area contributed by atoms with E-state index >= 15 is 0 Å². The lowest BCUT2D eigenvalue weighted by Gasteiger charge is -2.26.